The van der Waals surface area contributed by atoms with Crippen LogP contribution >= 0.6 is 0 Å². The van der Waals surface area contributed by atoms with E-state index >= 15 is 0 Å². The van der Waals surface area contributed by atoms with Crippen molar-refractivity contribution in [1.29, 1.82) is 0 Å². The van der Waals surface area contributed by atoms with Crippen molar-refractivity contribution in [3.05, 3.63) is 42.1 Å². The summed E-state index contributed by atoms with van der Waals surface area (Å²) in [5, 5.41) is 20.8. The number of nitrogens with two attached hydrogens (primary N) is 1. The Morgan fingerprint density at radius 2 is 1.93 bits per heavy atom. The smallest absolute Gasteiger partial charge is 0.328 e. The molecule has 0 atom stereocenters. The Morgan fingerprint density at radius 1 is 1.23 bits per heavy atom. The molecule has 1 heterocycles. The average molecular weight is 417 g/mol. The molecule has 1 aromatic heterocycles. The van der Waals surface area contributed by atoms with Crippen LogP contribution in [0.4, 0.5) is 0 Å². The number of nitrogens with one attached hydrogen (secondary N) is 2. The van der Waals surface area contributed by atoms with Gasteiger partial charge in [-0.25, -0.2) is 15.0 Å². The predicted octanol–water partition coefficient (Wildman–Crippen LogP) is 2.32. The molecule has 0 spiro atoms. The molecule has 0 amide bonds. The molecular weight excluding hydrogens is 390 g/mol. The minimum Gasteiger partial charge on any atom is -0.497 e. The van der Waals surface area contributed by atoms with E-state index in [9.17, 15) is 9.59 Å². The highest BCUT2D eigenvalue weighted by atomic mass is 16.5. The van der Waals surface area contributed by atoms with Crippen LogP contribution in [0.5, 0.6) is 5.75 Å². The molecule has 2 rings (SSSR count). The highest BCUT2D eigenvalue weighted by molar-refractivity contribution is 5.99. The van der Waals surface area contributed by atoms with Crippen molar-refractivity contribution in [3.8, 4) is 5.75 Å². The molecule has 0 aliphatic rings. The molecule has 6 N–H and O–H groups in total. The Bertz CT molecular complexity index is 901. The summed E-state index contributed by atoms with van der Waals surface area (Å²) >= 11 is 0. The maximum atomic E-state index is 9.55. The van der Waals surface area contributed by atoms with Crippen LogP contribution < -0.4 is 15.9 Å². The quantitative estimate of drug-likeness (QED) is 0.137. The van der Waals surface area contributed by atoms with Gasteiger partial charge in [-0.2, -0.15) is 5.10 Å². The summed E-state index contributed by atoms with van der Waals surface area (Å²) in [6.45, 7) is 2.89. The lowest BCUT2D eigenvalue weighted by Gasteiger charge is -2.00. The number of benzene rings is 1. The van der Waals surface area contributed by atoms with Crippen LogP contribution in [0.15, 0.2) is 46.6 Å². The largest absolute Gasteiger partial charge is 0.497 e. The number of guanidine groups is 1. The summed E-state index contributed by atoms with van der Waals surface area (Å²) in [5.41, 5.74) is 10.5. The van der Waals surface area contributed by atoms with E-state index in [0.717, 1.165) is 41.6 Å². The second-order valence-electron chi connectivity index (χ2n) is 6.01. The molecule has 0 fully saturated rings. The first kappa shape index (κ1) is 24.2. The molecule has 10 heteroatoms. The molecule has 0 saturated carbocycles. The number of hydrogen-bond acceptors (Lipinski definition) is 5. The fraction of sp³-hybridized carbons (Fsp3) is 0.300. The van der Waals surface area contributed by atoms with Crippen molar-refractivity contribution in [2.75, 3.05) is 13.7 Å². The number of H-pyrrole nitrogens is 1. The van der Waals surface area contributed by atoms with E-state index in [0.29, 0.717) is 18.1 Å². The standard InChI is InChI=1S/C16H23N5O.C4H4O4/c1-3-4-5-8-18-16(17)21-20-11-12-10-19-15-7-6-13(22-2)9-14(12)15;5-3(6)1-2-4(7)8/h6-7,9-11,19H,3-5,8H2,1-2H3,(H3,17,18,21);1-2H,(H,5,6)(H,7,8)/b;2-1+. The number of hydrazone groups is 1. The van der Waals surface area contributed by atoms with Gasteiger partial charge in [-0.15, -0.1) is 0 Å². The molecule has 30 heavy (non-hydrogen) atoms. The number of aliphatic imine (C=N–C) groups is 1. The number of ether oxygens (including phenoxy) is 1. The fourth-order valence-corrected chi connectivity index (χ4v) is 2.26. The van der Waals surface area contributed by atoms with E-state index in [1.807, 2.05) is 24.4 Å². The van der Waals surface area contributed by atoms with Gasteiger partial charge in [0.2, 0.25) is 5.96 Å². The lowest BCUT2D eigenvalue weighted by Crippen LogP contribution is -2.27. The molecule has 0 aliphatic heterocycles. The Balaban J connectivity index is 0.000000479. The SMILES string of the molecule is CCCCCN=C(N)NN=Cc1c[nH]c2ccc(OC)cc12.O=C(O)/C=C/C(=O)O. The molecule has 0 bridgehead atoms. The number of methoxy groups -OCH3 is 1. The maximum absolute atomic E-state index is 9.55. The number of rotatable bonds is 9. The van der Waals surface area contributed by atoms with Gasteiger partial charge in [0.1, 0.15) is 5.75 Å². The van der Waals surface area contributed by atoms with E-state index in [1.54, 1.807) is 13.3 Å². The first-order valence-corrected chi connectivity index (χ1v) is 9.25. The summed E-state index contributed by atoms with van der Waals surface area (Å²) in [6, 6.07) is 5.86. The summed E-state index contributed by atoms with van der Waals surface area (Å²) in [4.78, 5) is 26.5. The summed E-state index contributed by atoms with van der Waals surface area (Å²) in [7, 11) is 1.65. The van der Waals surface area contributed by atoms with Crippen molar-refractivity contribution in [2.24, 2.45) is 15.8 Å². The lowest BCUT2D eigenvalue weighted by molar-refractivity contribution is -0.134. The van der Waals surface area contributed by atoms with E-state index in [4.69, 9.17) is 20.7 Å². The Morgan fingerprint density at radius 3 is 2.53 bits per heavy atom. The lowest BCUT2D eigenvalue weighted by atomic mass is 10.2. The zero-order valence-corrected chi connectivity index (χ0v) is 17.0. The molecular formula is C20H27N5O5. The Hall–Kier alpha value is -3.82. The zero-order chi connectivity index (χ0) is 22.4. The van der Waals surface area contributed by atoms with Crippen LogP contribution in [-0.2, 0) is 9.59 Å². The first-order valence-electron chi connectivity index (χ1n) is 9.25. The highest BCUT2D eigenvalue weighted by Crippen LogP contribution is 2.22. The van der Waals surface area contributed by atoms with Crippen LogP contribution in [0.3, 0.4) is 0 Å². The number of aromatic nitrogens is 1. The van der Waals surface area contributed by atoms with Crippen LogP contribution in [-0.4, -0.2) is 53.0 Å². The third-order valence-corrected chi connectivity index (χ3v) is 3.72. The number of nitrogens with zero attached hydrogens (tertiary/aromatic N) is 2. The van der Waals surface area contributed by atoms with Gasteiger partial charge in [0.15, 0.2) is 0 Å². The normalized spacial score (nSPS) is 11.5. The average Bonchev–Trinajstić information content (AvgIpc) is 3.12. The van der Waals surface area contributed by atoms with Crippen LogP contribution in [0.1, 0.15) is 31.7 Å². The second kappa shape index (κ2) is 13.4. The fourth-order valence-electron chi connectivity index (χ4n) is 2.26. The molecule has 0 saturated heterocycles. The van der Waals surface area contributed by atoms with Gasteiger partial charge in [-0.1, -0.05) is 19.8 Å². The van der Waals surface area contributed by atoms with Crippen LogP contribution in [0.25, 0.3) is 10.9 Å². The topological polar surface area (TPSA) is 162 Å². The third-order valence-electron chi connectivity index (χ3n) is 3.72. The maximum Gasteiger partial charge on any atom is 0.328 e. The number of hydrogen-bond donors (Lipinski definition) is 5. The minimum absolute atomic E-state index is 0.338. The van der Waals surface area contributed by atoms with Crippen molar-refractivity contribution < 1.29 is 24.5 Å². The van der Waals surface area contributed by atoms with Crippen molar-refractivity contribution in [2.45, 2.75) is 26.2 Å². The molecule has 10 nitrogen and oxygen atoms in total. The van der Waals surface area contributed by atoms with Crippen molar-refractivity contribution >= 4 is 35.0 Å². The van der Waals surface area contributed by atoms with Crippen molar-refractivity contribution in [3.63, 3.8) is 0 Å². The van der Waals surface area contributed by atoms with E-state index < -0.39 is 11.9 Å². The predicted molar refractivity (Wildman–Crippen MR) is 116 cm³/mol. The number of carboxylic acids is 2. The number of fused-ring (bicyclic) bond motifs is 1. The Labute approximate surface area is 174 Å². The molecule has 0 unspecified atom stereocenters. The van der Waals surface area contributed by atoms with E-state index in [-0.39, 0.29) is 0 Å². The van der Waals surface area contributed by atoms with Gasteiger partial charge in [0, 0.05) is 41.4 Å². The number of aromatic amines is 1. The molecule has 1 aromatic carbocycles. The van der Waals surface area contributed by atoms with Gasteiger partial charge >= 0.3 is 11.9 Å². The van der Waals surface area contributed by atoms with Gasteiger partial charge < -0.3 is 25.7 Å². The van der Waals surface area contributed by atoms with Gasteiger partial charge in [0.25, 0.3) is 0 Å². The second-order valence-corrected chi connectivity index (χ2v) is 6.01. The molecule has 162 valence electrons. The van der Waals surface area contributed by atoms with E-state index in [1.165, 1.54) is 6.42 Å². The summed E-state index contributed by atoms with van der Waals surface area (Å²) in [5.74, 6) is -1.36. The van der Waals surface area contributed by atoms with Gasteiger partial charge in [-0.05, 0) is 24.6 Å². The molecule has 0 radical (unpaired) electrons. The third kappa shape index (κ3) is 9.40. The van der Waals surface area contributed by atoms with Gasteiger partial charge in [-0.3, -0.25) is 4.99 Å². The zero-order valence-electron chi connectivity index (χ0n) is 17.0. The molecule has 2 aromatic rings. The summed E-state index contributed by atoms with van der Waals surface area (Å²) in [6.07, 6.45) is 8.11. The van der Waals surface area contributed by atoms with Gasteiger partial charge in [0.05, 0.1) is 13.3 Å². The minimum atomic E-state index is -1.26. The monoisotopic (exact) mass is 417 g/mol. The number of aliphatic carboxylic acids is 2. The molecule has 0 aliphatic carbocycles. The van der Waals surface area contributed by atoms with Crippen molar-refractivity contribution in [1.82, 2.24) is 10.4 Å². The van der Waals surface area contributed by atoms with E-state index in [2.05, 4.69) is 27.4 Å². The first-order chi connectivity index (χ1) is 14.4. The van der Waals surface area contributed by atoms with Crippen LogP contribution in [0.2, 0.25) is 0 Å². The number of carboxylic acid groups (broad SMARTS) is 2. The number of unbranched alkanes of at least 4 members (excludes halogenated alkanes) is 2. The Kier molecular flexibility index (Phi) is 10.8. The summed E-state index contributed by atoms with van der Waals surface area (Å²) < 4.78 is 5.24. The van der Waals surface area contributed by atoms with Crippen LogP contribution in [0, 0.1) is 0 Å². The number of carbonyl (C=O) groups is 2. The highest BCUT2D eigenvalue weighted by Gasteiger charge is 2.03.